The molecule has 5 heteroatoms. The molecule has 0 bridgehead atoms. The second kappa shape index (κ2) is 6.18. The highest BCUT2D eigenvalue weighted by molar-refractivity contribution is 9.10. The maximum atomic E-state index is 14.4. The predicted octanol–water partition coefficient (Wildman–Crippen LogP) is 3.94. The number of methoxy groups -OCH3 is 1. The molecule has 0 unspecified atom stereocenters. The fourth-order valence-electron chi connectivity index (χ4n) is 2.52. The largest absolute Gasteiger partial charge is 0.496 e. The lowest BCUT2D eigenvalue weighted by Gasteiger charge is -2.28. The number of nitrogens with one attached hydrogen (secondary N) is 1. The Kier molecular flexibility index (Phi) is 4.79. The van der Waals surface area contributed by atoms with Gasteiger partial charge in [-0.3, -0.25) is 0 Å². The third kappa shape index (κ3) is 3.66. The zero-order valence-corrected chi connectivity index (χ0v) is 12.5. The molecule has 1 N–H and O–H groups in total. The summed E-state index contributed by atoms with van der Waals surface area (Å²) in [5, 5.41) is 3.19. The van der Waals surface area contributed by atoms with Gasteiger partial charge in [-0.25, -0.2) is 8.78 Å². The average molecular weight is 334 g/mol. The van der Waals surface area contributed by atoms with Crippen molar-refractivity contribution in [3.05, 3.63) is 28.2 Å². The van der Waals surface area contributed by atoms with Crippen LogP contribution in [0.3, 0.4) is 0 Å². The van der Waals surface area contributed by atoms with Crippen molar-refractivity contribution in [1.82, 2.24) is 5.32 Å². The van der Waals surface area contributed by atoms with E-state index in [2.05, 4.69) is 21.2 Å². The van der Waals surface area contributed by atoms with Crippen LogP contribution in [0.4, 0.5) is 8.78 Å². The van der Waals surface area contributed by atoms with E-state index in [1.165, 1.54) is 13.2 Å². The van der Waals surface area contributed by atoms with Crippen LogP contribution in [0.1, 0.15) is 24.8 Å². The van der Waals surface area contributed by atoms with Gasteiger partial charge in [-0.1, -0.05) is 15.9 Å². The fraction of sp³-hybridized carbons (Fsp3) is 0.571. The van der Waals surface area contributed by atoms with Crippen LogP contribution in [-0.2, 0) is 5.92 Å². The molecule has 2 rings (SSSR count). The molecule has 0 radical (unpaired) electrons. The number of halogens is 3. The highest BCUT2D eigenvalue weighted by atomic mass is 79.9. The van der Waals surface area contributed by atoms with Crippen LogP contribution in [-0.4, -0.2) is 20.2 Å². The zero-order chi connectivity index (χ0) is 13.9. The van der Waals surface area contributed by atoms with Gasteiger partial charge in [0.1, 0.15) is 5.75 Å². The molecule has 0 saturated carbocycles. The summed E-state index contributed by atoms with van der Waals surface area (Å²) in [6.45, 7) is 1.66. The summed E-state index contributed by atoms with van der Waals surface area (Å²) in [4.78, 5) is 0. The Morgan fingerprint density at radius 2 is 2.05 bits per heavy atom. The summed E-state index contributed by atoms with van der Waals surface area (Å²) in [6.07, 6.45) is 1.51. The van der Waals surface area contributed by atoms with Gasteiger partial charge in [0, 0.05) is 10.9 Å². The molecule has 0 aromatic heterocycles. The fourth-order valence-corrected chi connectivity index (χ4v) is 2.89. The Morgan fingerprint density at radius 1 is 1.37 bits per heavy atom. The standard InChI is InChI=1S/C14H18BrF2NO/c1-19-13-3-2-11(15)8-12(13)14(16,17)9-10-4-6-18-7-5-10/h2-3,8,10,18H,4-7,9H2,1H3. The van der Waals surface area contributed by atoms with Crippen molar-refractivity contribution in [2.75, 3.05) is 20.2 Å². The van der Waals surface area contributed by atoms with Gasteiger partial charge in [-0.05, 0) is 50.0 Å². The molecule has 1 aromatic carbocycles. The Labute approximate surface area is 120 Å². The average Bonchev–Trinajstić information content (AvgIpc) is 2.39. The van der Waals surface area contributed by atoms with Gasteiger partial charge in [0.05, 0.1) is 12.7 Å². The first-order valence-electron chi connectivity index (χ1n) is 6.45. The van der Waals surface area contributed by atoms with E-state index in [0.717, 1.165) is 25.9 Å². The summed E-state index contributed by atoms with van der Waals surface area (Å²) in [6, 6.07) is 4.75. The SMILES string of the molecule is COc1ccc(Br)cc1C(F)(F)CC1CCNCC1. The first-order chi connectivity index (χ1) is 9.03. The van der Waals surface area contributed by atoms with E-state index in [1.807, 2.05) is 0 Å². The summed E-state index contributed by atoms with van der Waals surface area (Å²) < 4.78 is 34.6. The van der Waals surface area contributed by atoms with E-state index >= 15 is 0 Å². The molecule has 0 aliphatic carbocycles. The molecular formula is C14H18BrF2NO. The van der Waals surface area contributed by atoms with Crippen molar-refractivity contribution in [2.24, 2.45) is 5.92 Å². The molecule has 1 fully saturated rings. The van der Waals surface area contributed by atoms with E-state index in [0.29, 0.717) is 4.47 Å². The Hall–Kier alpha value is -0.680. The zero-order valence-electron chi connectivity index (χ0n) is 10.9. The lowest BCUT2D eigenvalue weighted by Crippen LogP contribution is -2.31. The van der Waals surface area contributed by atoms with Gasteiger partial charge in [0.25, 0.3) is 5.92 Å². The number of ether oxygens (including phenoxy) is 1. The number of hydrogen-bond acceptors (Lipinski definition) is 2. The molecule has 0 spiro atoms. The second-order valence-electron chi connectivity index (χ2n) is 4.95. The highest BCUT2D eigenvalue weighted by Gasteiger charge is 2.37. The van der Waals surface area contributed by atoms with Crippen LogP contribution < -0.4 is 10.1 Å². The minimum atomic E-state index is -2.85. The van der Waals surface area contributed by atoms with Gasteiger partial charge < -0.3 is 10.1 Å². The summed E-state index contributed by atoms with van der Waals surface area (Å²) >= 11 is 3.24. The number of alkyl halides is 2. The Bertz CT molecular complexity index is 433. The van der Waals surface area contributed by atoms with Crippen LogP contribution in [0.2, 0.25) is 0 Å². The summed E-state index contributed by atoms with van der Waals surface area (Å²) in [5.74, 6) is -2.53. The molecule has 0 amide bonds. The van der Waals surface area contributed by atoms with Gasteiger partial charge >= 0.3 is 0 Å². The topological polar surface area (TPSA) is 21.3 Å². The number of rotatable bonds is 4. The molecule has 1 aromatic rings. The van der Waals surface area contributed by atoms with Crippen molar-refractivity contribution in [3.63, 3.8) is 0 Å². The molecule has 106 valence electrons. The Morgan fingerprint density at radius 3 is 2.68 bits per heavy atom. The lowest BCUT2D eigenvalue weighted by molar-refractivity contribution is -0.0344. The number of piperidine rings is 1. The molecule has 1 aliphatic heterocycles. The van der Waals surface area contributed by atoms with E-state index in [4.69, 9.17) is 4.74 Å². The van der Waals surface area contributed by atoms with E-state index in [9.17, 15) is 8.78 Å². The monoisotopic (exact) mass is 333 g/mol. The third-order valence-corrected chi connectivity index (χ3v) is 4.05. The minimum absolute atomic E-state index is 0.0251. The molecule has 19 heavy (non-hydrogen) atoms. The van der Waals surface area contributed by atoms with E-state index in [-0.39, 0.29) is 23.7 Å². The van der Waals surface area contributed by atoms with Gasteiger partial charge in [0.15, 0.2) is 0 Å². The van der Waals surface area contributed by atoms with Gasteiger partial charge in [0.2, 0.25) is 0 Å². The molecule has 1 aliphatic rings. The molecule has 1 saturated heterocycles. The van der Waals surface area contributed by atoms with Crippen LogP contribution in [0.15, 0.2) is 22.7 Å². The molecule has 0 atom stereocenters. The smallest absolute Gasteiger partial charge is 0.277 e. The van der Waals surface area contributed by atoms with Crippen LogP contribution >= 0.6 is 15.9 Å². The predicted molar refractivity (Wildman–Crippen MR) is 74.8 cm³/mol. The minimum Gasteiger partial charge on any atom is -0.496 e. The maximum absolute atomic E-state index is 14.4. The number of benzene rings is 1. The van der Waals surface area contributed by atoms with Gasteiger partial charge in [-0.15, -0.1) is 0 Å². The van der Waals surface area contributed by atoms with Crippen molar-refractivity contribution in [2.45, 2.75) is 25.2 Å². The van der Waals surface area contributed by atoms with Crippen molar-refractivity contribution in [3.8, 4) is 5.75 Å². The van der Waals surface area contributed by atoms with Crippen molar-refractivity contribution < 1.29 is 13.5 Å². The highest BCUT2D eigenvalue weighted by Crippen LogP contribution is 2.42. The lowest BCUT2D eigenvalue weighted by atomic mass is 9.89. The van der Waals surface area contributed by atoms with E-state index < -0.39 is 5.92 Å². The van der Waals surface area contributed by atoms with E-state index in [1.54, 1.807) is 12.1 Å². The quantitative estimate of drug-likeness (QED) is 0.901. The second-order valence-corrected chi connectivity index (χ2v) is 5.86. The normalized spacial score (nSPS) is 17.5. The first-order valence-corrected chi connectivity index (χ1v) is 7.25. The molecular weight excluding hydrogens is 316 g/mol. The molecule has 2 nitrogen and oxygen atoms in total. The first kappa shape index (κ1) is 14.7. The number of hydrogen-bond donors (Lipinski definition) is 1. The summed E-state index contributed by atoms with van der Waals surface area (Å²) in [5.41, 5.74) is -0.0251. The van der Waals surface area contributed by atoms with Crippen LogP contribution in [0, 0.1) is 5.92 Å². The van der Waals surface area contributed by atoms with Crippen LogP contribution in [0.25, 0.3) is 0 Å². The maximum Gasteiger partial charge on any atom is 0.277 e. The van der Waals surface area contributed by atoms with Crippen molar-refractivity contribution >= 4 is 15.9 Å². The summed E-state index contributed by atoms with van der Waals surface area (Å²) in [7, 11) is 1.42. The molecule has 1 heterocycles. The van der Waals surface area contributed by atoms with Gasteiger partial charge in [-0.2, -0.15) is 0 Å². The van der Waals surface area contributed by atoms with Crippen molar-refractivity contribution in [1.29, 1.82) is 0 Å². The third-order valence-electron chi connectivity index (χ3n) is 3.56. The Balaban J connectivity index is 2.19. The van der Waals surface area contributed by atoms with Crippen LogP contribution in [0.5, 0.6) is 5.75 Å².